The van der Waals surface area contributed by atoms with Gasteiger partial charge >= 0.3 is 0 Å². The number of sulfonamides is 1. The number of benzene rings is 3. The van der Waals surface area contributed by atoms with Crippen LogP contribution in [0.1, 0.15) is 63.6 Å². The molecule has 248 valence electrons. The Kier molecular flexibility index (Phi) is 12.2. The van der Waals surface area contributed by atoms with Crippen molar-refractivity contribution in [2.75, 3.05) is 18.9 Å². The number of aliphatic hydroxyl groups is 1. The third kappa shape index (κ3) is 9.31. The van der Waals surface area contributed by atoms with Gasteiger partial charge in [-0.1, -0.05) is 56.3 Å². The van der Waals surface area contributed by atoms with Crippen molar-refractivity contribution in [3.63, 3.8) is 0 Å². The Hall–Kier alpha value is -3.93. The Bertz CT molecular complexity index is 1530. The monoisotopic (exact) mass is 650 g/mol. The van der Waals surface area contributed by atoms with Crippen LogP contribution in [0.15, 0.2) is 83.8 Å². The number of anilines is 1. The fourth-order valence-electron chi connectivity index (χ4n) is 5.52. The van der Waals surface area contributed by atoms with Gasteiger partial charge in [-0.15, -0.1) is 0 Å². The summed E-state index contributed by atoms with van der Waals surface area (Å²) in [6, 6.07) is 20.1. The molecule has 5 rings (SSSR count). The molecule has 2 heterocycles. The number of nitrogens with zero attached hydrogens (tertiary/aromatic N) is 1. The van der Waals surface area contributed by atoms with Crippen molar-refractivity contribution in [3.8, 4) is 5.75 Å². The maximum atomic E-state index is 14.1. The second-order valence-corrected chi connectivity index (χ2v) is 14.1. The lowest BCUT2D eigenvalue weighted by Gasteiger charge is -2.34. The first-order valence-corrected chi connectivity index (χ1v) is 17.3. The summed E-state index contributed by atoms with van der Waals surface area (Å²) in [4.78, 5) is 26.5. The van der Waals surface area contributed by atoms with Crippen molar-refractivity contribution in [1.82, 2.24) is 14.9 Å². The second-order valence-electron chi connectivity index (χ2n) is 12.2. The quantitative estimate of drug-likeness (QED) is 0.267. The molecule has 1 unspecified atom stereocenters. The molecule has 0 fully saturated rings. The fourth-order valence-corrected chi connectivity index (χ4v) is 7.15. The van der Waals surface area contributed by atoms with E-state index in [0.29, 0.717) is 24.5 Å². The normalized spacial score (nSPS) is 20.0. The zero-order valence-corrected chi connectivity index (χ0v) is 27.6. The molecule has 46 heavy (non-hydrogen) atoms. The molecule has 0 aromatic heterocycles. The van der Waals surface area contributed by atoms with Crippen LogP contribution in [0, 0.1) is 5.92 Å². The molecule has 2 aliphatic rings. The van der Waals surface area contributed by atoms with Gasteiger partial charge in [-0.25, -0.2) is 8.42 Å². The van der Waals surface area contributed by atoms with Gasteiger partial charge in [-0.2, -0.15) is 4.31 Å². The van der Waals surface area contributed by atoms with Crippen LogP contribution in [0.4, 0.5) is 5.69 Å². The number of rotatable bonds is 8. The highest BCUT2D eigenvalue weighted by Gasteiger charge is 2.36. The standard InChI is InChI=1S/C35H46N4O6S/c1-24(2)34-35(42)37-31(22-26-13-17-29(18-14-26)45-21-9-5-8-12-33(41)38-34)32(40)23-39(25(3)27-10-6-4-7-11-27)46(43,44)30-19-15-28(36)16-20-30/h4,6-7,10-11,13-20,24-25,31-32,34,40H,5,8-9,12,21-23,36H2,1-3H3,(H,37,42)(H,38,41)/t25?,31-,32+,34-/m0/s1. The molecule has 2 aliphatic heterocycles. The summed E-state index contributed by atoms with van der Waals surface area (Å²) in [5, 5.41) is 17.6. The highest BCUT2D eigenvalue weighted by atomic mass is 32.2. The van der Waals surface area contributed by atoms with Gasteiger partial charge in [0.2, 0.25) is 21.8 Å². The van der Waals surface area contributed by atoms with Gasteiger partial charge in [0.05, 0.1) is 23.6 Å². The highest BCUT2D eigenvalue weighted by molar-refractivity contribution is 7.89. The summed E-state index contributed by atoms with van der Waals surface area (Å²) in [7, 11) is -4.12. The zero-order chi connectivity index (χ0) is 33.3. The maximum Gasteiger partial charge on any atom is 0.243 e. The minimum Gasteiger partial charge on any atom is -0.494 e. The van der Waals surface area contributed by atoms with Crippen LogP contribution in [-0.2, 0) is 26.0 Å². The summed E-state index contributed by atoms with van der Waals surface area (Å²) in [6.45, 7) is 5.66. The van der Waals surface area contributed by atoms with Crippen molar-refractivity contribution < 1.29 is 27.9 Å². The topological polar surface area (TPSA) is 151 Å². The number of aliphatic hydroxyl groups excluding tert-OH is 1. The van der Waals surface area contributed by atoms with E-state index in [1.165, 1.54) is 28.6 Å². The molecule has 10 nitrogen and oxygen atoms in total. The summed E-state index contributed by atoms with van der Waals surface area (Å²) in [6.07, 6.45) is 1.46. The van der Waals surface area contributed by atoms with E-state index in [1.807, 2.05) is 68.4 Å². The Morgan fingerprint density at radius 3 is 2.24 bits per heavy atom. The number of nitrogens with one attached hydrogen (secondary N) is 2. The predicted molar refractivity (Wildman–Crippen MR) is 178 cm³/mol. The molecule has 2 bridgehead atoms. The third-order valence-electron chi connectivity index (χ3n) is 8.32. The number of amides is 2. The third-order valence-corrected chi connectivity index (χ3v) is 10.3. The van der Waals surface area contributed by atoms with Gasteiger partial charge in [-0.3, -0.25) is 9.59 Å². The van der Waals surface area contributed by atoms with Gasteiger partial charge in [0.1, 0.15) is 11.8 Å². The molecule has 0 spiro atoms. The number of hydrogen-bond donors (Lipinski definition) is 4. The van der Waals surface area contributed by atoms with E-state index in [9.17, 15) is 23.1 Å². The number of ether oxygens (including phenoxy) is 1. The van der Waals surface area contributed by atoms with E-state index >= 15 is 0 Å². The van der Waals surface area contributed by atoms with Crippen molar-refractivity contribution >= 4 is 27.5 Å². The first-order valence-electron chi connectivity index (χ1n) is 15.9. The number of carbonyl (C=O) groups excluding carboxylic acids is 2. The zero-order valence-electron chi connectivity index (χ0n) is 26.8. The number of carbonyl (C=O) groups is 2. The molecule has 0 saturated heterocycles. The van der Waals surface area contributed by atoms with Gasteiger partial charge in [0.25, 0.3) is 0 Å². The summed E-state index contributed by atoms with van der Waals surface area (Å²) >= 11 is 0. The van der Waals surface area contributed by atoms with Gasteiger partial charge in [0.15, 0.2) is 0 Å². The summed E-state index contributed by atoms with van der Waals surface area (Å²) in [5.74, 6) is -0.192. The number of fused-ring (bicyclic) bond motifs is 14. The Morgan fingerprint density at radius 2 is 1.59 bits per heavy atom. The molecule has 5 N–H and O–H groups in total. The van der Waals surface area contributed by atoms with Crippen molar-refractivity contribution in [2.45, 2.75) is 82.0 Å². The molecule has 3 aromatic rings. The molecule has 0 radical (unpaired) electrons. The molecule has 0 aliphatic carbocycles. The molecule has 2 amide bonds. The average molecular weight is 651 g/mol. The summed E-state index contributed by atoms with van der Waals surface area (Å²) in [5.41, 5.74) is 7.82. The number of nitrogens with two attached hydrogens (primary N) is 1. The summed E-state index contributed by atoms with van der Waals surface area (Å²) < 4.78 is 35.3. The first-order chi connectivity index (χ1) is 22.0. The fraction of sp³-hybridized carbons (Fsp3) is 0.429. The van der Waals surface area contributed by atoms with Crippen molar-refractivity contribution in [3.05, 3.63) is 90.0 Å². The van der Waals surface area contributed by atoms with E-state index in [-0.39, 0.29) is 36.1 Å². The largest absolute Gasteiger partial charge is 0.494 e. The van der Waals surface area contributed by atoms with Crippen LogP contribution in [0.5, 0.6) is 5.75 Å². The first kappa shape index (κ1) is 34.9. The molecular formula is C35H46N4O6S. The number of nitrogen functional groups attached to an aromatic ring is 1. The highest BCUT2D eigenvalue weighted by Crippen LogP contribution is 2.29. The van der Waals surface area contributed by atoms with Crippen molar-refractivity contribution in [2.24, 2.45) is 5.92 Å². The Labute approximate surface area is 272 Å². The van der Waals surface area contributed by atoms with E-state index < -0.39 is 40.2 Å². The van der Waals surface area contributed by atoms with Gasteiger partial charge in [-0.05, 0) is 86.1 Å². The smallest absolute Gasteiger partial charge is 0.243 e. The lowest BCUT2D eigenvalue weighted by Crippen LogP contribution is -2.56. The van der Waals surface area contributed by atoms with E-state index in [2.05, 4.69) is 10.6 Å². The van der Waals surface area contributed by atoms with Crippen molar-refractivity contribution in [1.29, 1.82) is 0 Å². The average Bonchev–Trinajstić information content (AvgIpc) is 3.04. The van der Waals surface area contributed by atoms with E-state index in [0.717, 1.165) is 24.0 Å². The van der Waals surface area contributed by atoms with Gasteiger partial charge < -0.3 is 26.2 Å². The second kappa shape index (κ2) is 16.1. The maximum absolute atomic E-state index is 14.1. The SMILES string of the molecule is CC(C)[C@@H]1NC(=O)CCCCCOc2ccc(cc2)C[C@@H]([C@H](O)CN(C(C)c2ccccc2)S(=O)(=O)c2ccc(N)cc2)NC1=O. The van der Waals surface area contributed by atoms with Crippen LogP contribution in [0.3, 0.4) is 0 Å². The molecular weight excluding hydrogens is 604 g/mol. The van der Waals surface area contributed by atoms with Crippen LogP contribution in [0.25, 0.3) is 0 Å². The van der Waals surface area contributed by atoms with E-state index in [4.69, 9.17) is 10.5 Å². The molecule has 4 atom stereocenters. The molecule has 11 heteroatoms. The van der Waals surface area contributed by atoms with Crippen LogP contribution in [-0.4, -0.2) is 61.0 Å². The molecule has 3 aromatic carbocycles. The number of hydrogen-bond acceptors (Lipinski definition) is 7. The Morgan fingerprint density at radius 1 is 0.913 bits per heavy atom. The van der Waals surface area contributed by atoms with Crippen LogP contribution in [0.2, 0.25) is 0 Å². The van der Waals surface area contributed by atoms with Crippen LogP contribution >= 0.6 is 0 Å². The van der Waals surface area contributed by atoms with Crippen LogP contribution < -0.4 is 21.1 Å². The lowest BCUT2D eigenvalue weighted by molar-refractivity contribution is -0.131. The Balaban J connectivity index is 1.69. The van der Waals surface area contributed by atoms with Gasteiger partial charge in [0, 0.05) is 24.7 Å². The lowest BCUT2D eigenvalue weighted by atomic mass is 9.98. The minimum atomic E-state index is -4.12. The predicted octanol–water partition coefficient (Wildman–Crippen LogP) is 4.20. The minimum absolute atomic E-state index is 0.0350. The molecule has 0 saturated carbocycles. The van der Waals surface area contributed by atoms with E-state index in [1.54, 1.807) is 6.92 Å².